The maximum absolute atomic E-state index is 5.62. The molecule has 1 aromatic carbocycles. The number of aromatic amines is 1. The lowest BCUT2D eigenvalue weighted by atomic mass is 10.1. The van der Waals surface area contributed by atoms with Crippen molar-refractivity contribution in [3.63, 3.8) is 0 Å². The van der Waals surface area contributed by atoms with Gasteiger partial charge in [0.15, 0.2) is 0 Å². The fraction of sp³-hybridized carbons (Fsp3) is 0.154. The summed E-state index contributed by atoms with van der Waals surface area (Å²) in [6.07, 6.45) is 2.13. The summed E-state index contributed by atoms with van der Waals surface area (Å²) in [5, 5.41) is 8.14. The molecule has 0 aliphatic carbocycles. The fourth-order valence-electron chi connectivity index (χ4n) is 2.24. The van der Waals surface area contributed by atoms with E-state index in [-0.39, 0.29) is 0 Å². The molecular weight excluding hydrogens is 212 g/mol. The normalized spacial score (nSPS) is 11.2. The van der Waals surface area contributed by atoms with Crippen LogP contribution in [0.2, 0.25) is 0 Å². The van der Waals surface area contributed by atoms with Gasteiger partial charge in [-0.2, -0.15) is 5.10 Å². The Kier molecular flexibility index (Phi) is 1.98. The van der Waals surface area contributed by atoms with E-state index in [1.165, 1.54) is 16.5 Å². The summed E-state index contributed by atoms with van der Waals surface area (Å²) in [6.45, 7) is 2.12. The van der Waals surface area contributed by atoms with Crippen molar-refractivity contribution >= 4 is 16.7 Å². The Morgan fingerprint density at radius 2 is 2.12 bits per heavy atom. The molecule has 2 aromatic heterocycles. The molecule has 0 aliphatic heterocycles. The minimum Gasteiger partial charge on any atom is -0.382 e. The molecule has 0 aliphatic rings. The zero-order valence-corrected chi connectivity index (χ0v) is 9.86. The van der Waals surface area contributed by atoms with Crippen molar-refractivity contribution in [2.75, 3.05) is 5.73 Å². The predicted molar refractivity (Wildman–Crippen MR) is 69.7 cm³/mol. The third-order valence-corrected chi connectivity index (χ3v) is 3.10. The van der Waals surface area contributed by atoms with E-state index in [0.717, 1.165) is 11.3 Å². The number of aromatic nitrogens is 3. The summed E-state index contributed by atoms with van der Waals surface area (Å²) in [4.78, 5) is 0. The number of hydrogen-bond acceptors (Lipinski definition) is 2. The summed E-state index contributed by atoms with van der Waals surface area (Å²) in [5.74, 6) is 0.518. The van der Waals surface area contributed by atoms with E-state index in [1.807, 2.05) is 6.07 Å². The molecule has 0 unspecified atom stereocenters. The smallest absolute Gasteiger partial charge is 0.145 e. The number of fused-ring (bicyclic) bond motifs is 1. The first-order valence-corrected chi connectivity index (χ1v) is 5.52. The minimum absolute atomic E-state index is 0.518. The topological polar surface area (TPSA) is 59.6 Å². The molecule has 0 saturated carbocycles. The zero-order valence-electron chi connectivity index (χ0n) is 9.86. The zero-order chi connectivity index (χ0) is 12.0. The van der Waals surface area contributed by atoms with Gasteiger partial charge in [-0.1, -0.05) is 6.07 Å². The average molecular weight is 226 g/mol. The van der Waals surface area contributed by atoms with Crippen molar-refractivity contribution in [3.8, 4) is 11.3 Å². The van der Waals surface area contributed by atoms with E-state index in [4.69, 9.17) is 5.73 Å². The third kappa shape index (κ3) is 1.49. The van der Waals surface area contributed by atoms with Gasteiger partial charge < -0.3 is 10.3 Å². The van der Waals surface area contributed by atoms with Gasteiger partial charge in [0.25, 0.3) is 0 Å². The highest BCUT2D eigenvalue weighted by Gasteiger charge is 2.06. The molecule has 4 heteroatoms. The van der Waals surface area contributed by atoms with Crippen molar-refractivity contribution in [1.82, 2.24) is 14.8 Å². The van der Waals surface area contributed by atoms with Crippen LogP contribution in [0.25, 0.3) is 22.2 Å². The van der Waals surface area contributed by atoms with Crippen LogP contribution in [-0.4, -0.2) is 14.8 Å². The van der Waals surface area contributed by atoms with E-state index in [0.29, 0.717) is 5.82 Å². The lowest BCUT2D eigenvalue weighted by Gasteiger charge is -2.00. The van der Waals surface area contributed by atoms with Crippen LogP contribution in [0.3, 0.4) is 0 Å². The monoisotopic (exact) mass is 226 g/mol. The van der Waals surface area contributed by atoms with Gasteiger partial charge in [-0.15, -0.1) is 0 Å². The van der Waals surface area contributed by atoms with Crippen molar-refractivity contribution in [3.05, 3.63) is 36.0 Å². The van der Waals surface area contributed by atoms with Crippen LogP contribution in [0.4, 0.5) is 5.82 Å². The number of nitrogens with two attached hydrogens (primary N) is 1. The van der Waals surface area contributed by atoms with Crippen LogP contribution in [-0.2, 0) is 7.05 Å². The number of benzene rings is 1. The Labute approximate surface area is 99.1 Å². The molecular formula is C13H14N4. The molecule has 3 aromatic rings. The van der Waals surface area contributed by atoms with Gasteiger partial charge in [0, 0.05) is 35.8 Å². The largest absolute Gasteiger partial charge is 0.382 e. The number of H-pyrrole nitrogens is 1. The Morgan fingerprint density at radius 3 is 2.82 bits per heavy atom. The van der Waals surface area contributed by atoms with Crippen LogP contribution in [0.1, 0.15) is 5.56 Å². The molecule has 0 saturated heterocycles. The molecule has 0 radical (unpaired) electrons. The SMILES string of the molecule is Cc1cn(C)c2ccc(-c3cc(N)n[nH]3)cc12. The van der Waals surface area contributed by atoms with Gasteiger partial charge in [-0.3, -0.25) is 5.10 Å². The molecule has 4 nitrogen and oxygen atoms in total. The second-order valence-electron chi connectivity index (χ2n) is 4.36. The van der Waals surface area contributed by atoms with Crippen LogP contribution >= 0.6 is 0 Å². The van der Waals surface area contributed by atoms with Gasteiger partial charge in [-0.05, 0) is 24.6 Å². The minimum atomic E-state index is 0.518. The molecule has 2 heterocycles. The first kappa shape index (κ1) is 9.96. The highest BCUT2D eigenvalue weighted by Crippen LogP contribution is 2.26. The van der Waals surface area contributed by atoms with Crippen molar-refractivity contribution in [2.45, 2.75) is 6.92 Å². The molecule has 0 amide bonds. The molecule has 0 bridgehead atoms. The Morgan fingerprint density at radius 1 is 1.29 bits per heavy atom. The van der Waals surface area contributed by atoms with Gasteiger partial charge in [0.05, 0.1) is 5.69 Å². The highest BCUT2D eigenvalue weighted by molar-refractivity contribution is 5.88. The van der Waals surface area contributed by atoms with Gasteiger partial charge >= 0.3 is 0 Å². The van der Waals surface area contributed by atoms with Crippen LogP contribution in [0, 0.1) is 6.92 Å². The molecule has 0 spiro atoms. The van der Waals surface area contributed by atoms with Gasteiger partial charge in [0.2, 0.25) is 0 Å². The number of rotatable bonds is 1. The molecule has 0 atom stereocenters. The van der Waals surface area contributed by atoms with E-state index < -0.39 is 0 Å². The number of nitrogens with one attached hydrogen (secondary N) is 1. The first-order valence-electron chi connectivity index (χ1n) is 5.52. The number of aryl methyl sites for hydroxylation is 2. The Bertz CT molecular complexity index is 691. The predicted octanol–water partition coefficient (Wildman–Crippen LogP) is 2.46. The number of nitrogen functional groups attached to an aromatic ring is 1. The molecule has 17 heavy (non-hydrogen) atoms. The van der Waals surface area contributed by atoms with Crippen LogP contribution < -0.4 is 5.73 Å². The molecule has 3 N–H and O–H groups in total. The Hall–Kier alpha value is -2.23. The summed E-state index contributed by atoms with van der Waals surface area (Å²) < 4.78 is 2.13. The summed E-state index contributed by atoms with van der Waals surface area (Å²) in [5.41, 5.74) is 10.2. The summed E-state index contributed by atoms with van der Waals surface area (Å²) in [6, 6.07) is 8.21. The summed E-state index contributed by atoms with van der Waals surface area (Å²) >= 11 is 0. The average Bonchev–Trinajstić information content (AvgIpc) is 2.85. The fourth-order valence-corrected chi connectivity index (χ4v) is 2.24. The quantitative estimate of drug-likeness (QED) is 0.669. The number of nitrogens with zero attached hydrogens (tertiary/aromatic N) is 2. The summed E-state index contributed by atoms with van der Waals surface area (Å²) in [7, 11) is 2.06. The molecule has 3 rings (SSSR count). The van der Waals surface area contributed by atoms with E-state index in [9.17, 15) is 0 Å². The van der Waals surface area contributed by atoms with Gasteiger partial charge in [-0.25, -0.2) is 0 Å². The standard InChI is InChI=1S/C13H14N4/c1-8-7-17(2)12-4-3-9(5-10(8)12)11-6-13(14)16-15-11/h3-7H,1-2H3,(H3,14,15,16). The third-order valence-electron chi connectivity index (χ3n) is 3.10. The highest BCUT2D eigenvalue weighted by atomic mass is 15.2. The maximum atomic E-state index is 5.62. The lowest BCUT2D eigenvalue weighted by Crippen LogP contribution is -1.84. The van der Waals surface area contributed by atoms with Crippen molar-refractivity contribution in [1.29, 1.82) is 0 Å². The van der Waals surface area contributed by atoms with E-state index in [2.05, 4.69) is 53.1 Å². The van der Waals surface area contributed by atoms with Crippen molar-refractivity contribution < 1.29 is 0 Å². The number of anilines is 1. The van der Waals surface area contributed by atoms with Crippen LogP contribution in [0.15, 0.2) is 30.5 Å². The molecule has 0 fully saturated rings. The second-order valence-corrected chi connectivity index (χ2v) is 4.36. The first-order chi connectivity index (χ1) is 8.15. The van der Waals surface area contributed by atoms with Gasteiger partial charge in [0.1, 0.15) is 5.82 Å². The second kappa shape index (κ2) is 3.38. The maximum Gasteiger partial charge on any atom is 0.145 e. The number of hydrogen-bond donors (Lipinski definition) is 2. The molecule has 86 valence electrons. The lowest BCUT2D eigenvalue weighted by molar-refractivity contribution is 0.964. The van der Waals surface area contributed by atoms with Crippen LogP contribution in [0.5, 0.6) is 0 Å². The van der Waals surface area contributed by atoms with E-state index >= 15 is 0 Å². The Balaban J connectivity index is 2.22. The van der Waals surface area contributed by atoms with Crippen molar-refractivity contribution in [2.24, 2.45) is 7.05 Å². The van der Waals surface area contributed by atoms with E-state index in [1.54, 1.807) is 0 Å².